The molecule has 0 radical (unpaired) electrons. The smallest absolute Gasteiger partial charge is 0.225 e. The minimum Gasteiger partial charge on any atom is -0.497 e. The van der Waals surface area contributed by atoms with Gasteiger partial charge in [0, 0.05) is 31.6 Å². The Morgan fingerprint density at radius 2 is 2.00 bits per heavy atom. The normalized spacial score (nSPS) is 23.0. The number of likely N-dealkylation sites (tertiary alicyclic amines) is 1. The highest BCUT2D eigenvalue weighted by Gasteiger charge is 2.40. The first kappa shape index (κ1) is 17.0. The molecule has 1 aromatic carbocycles. The molecule has 2 atom stereocenters. The molecule has 1 saturated carbocycles. The minimum atomic E-state index is -0.0735. The van der Waals surface area contributed by atoms with E-state index in [1.54, 1.807) is 7.11 Å². The topological polar surface area (TPSA) is 53.6 Å². The van der Waals surface area contributed by atoms with E-state index in [-0.39, 0.29) is 17.7 Å². The first-order valence-electron chi connectivity index (χ1n) is 8.59. The molecule has 1 aromatic rings. The lowest BCUT2D eigenvalue weighted by atomic mass is 9.88. The third-order valence-corrected chi connectivity index (χ3v) is 5.14. The van der Waals surface area contributed by atoms with Crippen molar-refractivity contribution in [1.29, 1.82) is 0 Å². The second-order valence-corrected chi connectivity index (χ2v) is 6.90. The number of nitrogens with zero attached hydrogens (tertiary/aromatic N) is 1. The molecule has 2 fully saturated rings. The van der Waals surface area contributed by atoms with E-state index in [0.29, 0.717) is 12.6 Å². The molecule has 130 valence electrons. The van der Waals surface area contributed by atoms with Gasteiger partial charge in [0.15, 0.2) is 5.11 Å². The molecular weight excluding hydrogens is 322 g/mol. The monoisotopic (exact) mass is 347 g/mol. The number of hydrogen-bond acceptors (Lipinski definition) is 3. The zero-order chi connectivity index (χ0) is 17.1. The number of carbonyl (C=O) groups is 1. The highest BCUT2D eigenvalue weighted by atomic mass is 32.1. The minimum absolute atomic E-state index is 0.0735. The standard InChI is InChI=1S/C18H25N3O2S/c1-3-19-18(24)21-10-15(12-4-8-14(23-2)9-5-12)16(11-21)17(22)20-13-6-7-13/h4-5,8-9,13,15-16H,3,6-7,10-11H2,1-2H3,(H,19,24)(H,20,22)/t15-,16+/m0/s1. The van der Waals surface area contributed by atoms with Gasteiger partial charge in [0.05, 0.1) is 13.0 Å². The van der Waals surface area contributed by atoms with Crippen molar-refractivity contribution in [2.75, 3.05) is 26.7 Å². The van der Waals surface area contributed by atoms with Gasteiger partial charge in [0.2, 0.25) is 5.91 Å². The number of nitrogens with one attached hydrogen (secondary N) is 2. The van der Waals surface area contributed by atoms with Crippen LogP contribution in [-0.4, -0.2) is 48.7 Å². The Kier molecular flexibility index (Phi) is 5.23. The van der Waals surface area contributed by atoms with Crippen LogP contribution < -0.4 is 15.4 Å². The van der Waals surface area contributed by atoms with Gasteiger partial charge in [-0.05, 0) is 49.7 Å². The summed E-state index contributed by atoms with van der Waals surface area (Å²) in [4.78, 5) is 14.8. The number of ether oxygens (including phenoxy) is 1. The largest absolute Gasteiger partial charge is 0.497 e. The first-order chi connectivity index (χ1) is 11.6. The van der Waals surface area contributed by atoms with Crippen molar-refractivity contribution < 1.29 is 9.53 Å². The molecule has 24 heavy (non-hydrogen) atoms. The first-order valence-corrected chi connectivity index (χ1v) is 9.00. The van der Waals surface area contributed by atoms with Gasteiger partial charge in [-0.1, -0.05) is 12.1 Å². The summed E-state index contributed by atoms with van der Waals surface area (Å²) in [6.45, 7) is 4.25. The maximum Gasteiger partial charge on any atom is 0.225 e. The fraction of sp³-hybridized carbons (Fsp3) is 0.556. The molecule has 0 bridgehead atoms. The molecule has 2 aliphatic rings. The number of benzene rings is 1. The Labute approximate surface area is 148 Å². The van der Waals surface area contributed by atoms with Crippen LogP contribution in [0.15, 0.2) is 24.3 Å². The Morgan fingerprint density at radius 3 is 2.58 bits per heavy atom. The molecule has 1 aliphatic carbocycles. The van der Waals surface area contributed by atoms with Crippen molar-refractivity contribution in [3.05, 3.63) is 29.8 Å². The van der Waals surface area contributed by atoms with Crippen LogP contribution in [0.2, 0.25) is 0 Å². The van der Waals surface area contributed by atoms with E-state index in [1.165, 1.54) is 0 Å². The molecule has 1 heterocycles. The van der Waals surface area contributed by atoms with Gasteiger partial charge in [-0.15, -0.1) is 0 Å². The summed E-state index contributed by atoms with van der Waals surface area (Å²) in [5, 5.41) is 7.09. The van der Waals surface area contributed by atoms with Crippen LogP contribution >= 0.6 is 12.2 Å². The van der Waals surface area contributed by atoms with Gasteiger partial charge in [-0.3, -0.25) is 4.79 Å². The Hall–Kier alpha value is -1.82. The maximum atomic E-state index is 12.7. The quantitative estimate of drug-likeness (QED) is 0.797. The number of carbonyl (C=O) groups excluding carboxylic acids is 1. The number of methoxy groups -OCH3 is 1. The zero-order valence-corrected chi connectivity index (χ0v) is 15.1. The van der Waals surface area contributed by atoms with Gasteiger partial charge >= 0.3 is 0 Å². The van der Waals surface area contributed by atoms with E-state index in [2.05, 4.69) is 27.7 Å². The fourth-order valence-electron chi connectivity index (χ4n) is 3.22. The van der Waals surface area contributed by atoms with Crippen molar-refractivity contribution in [1.82, 2.24) is 15.5 Å². The molecule has 0 spiro atoms. The van der Waals surface area contributed by atoms with Crippen LogP contribution in [0, 0.1) is 5.92 Å². The predicted octanol–water partition coefficient (Wildman–Crippen LogP) is 1.88. The number of amides is 1. The zero-order valence-electron chi connectivity index (χ0n) is 14.2. The molecule has 1 saturated heterocycles. The lowest BCUT2D eigenvalue weighted by Crippen LogP contribution is -2.40. The third-order valence-electron chi connectivity index (χ3n) is 4.74. The van der Waals surface area contributed by atoms with Crippen molar-refractivity contribution in [3.8, 4) is 5.75 Å². The van der Waals surface area contributed by atoms with Crippen LogP contribution in [0.1, 0.15) is 31.2 Å². The number of thiocarbonyl (C=S) groups is 1. The lowest BCUT2D eigenvalue weighted by molar-refractivity contribution is -0.125. The van der Waals surface area contributed by atoms with Crippen molar-refractivity contribution in [2.45, 2.75) is 31.7 Å². The summed E-state index contributed by atoms with van der Waals surface area (Å²) < 4.78 is 5.24. The molecule has 0 unspecified atom stereocenters. The predicted molar refractivity (Wildman–Crippen MR) is 98.2 cm³/mol. The molecule has 1 amide bonds. The van der Waals surface area contributed by atoms with Gasteiger partial charge in [0.25, 0.3) is 0 Å². The van der Waals surface area contributed by atoms with Gasteiger partial charge < -0.3 is 20.3 Å². The second-order valence-electron chi connectivity index (χ2n) is 6.51. The Bertz CT molecular complexity index is 601. The molecule has 5 nitrogen and oxygen atoms in total. The maximum absolute atomic E-state index is 12.7. The molecular formula is C18H25N3O2S. The molecule has 1 aliphatic heterocycles. The highest BCUT2D eigenvalue weighted by molar-refractivity contribution is 7.80. The molecule has 6 heteroatoms. The summed E-state index contributed by atoms with van der Waals surface area (Å²) in [5.41, 5.74) is 1.16. The van der Waals surface area contributed by atoms with Crippen molar-refractivity contribution >= 4 is 23.2 Å². The van der Waals surface area contributed by atoms with Gasteiger partial charge in [-0.25, -0.2) is 0 Å². The van der Waals surface area contributed by atoms with Crippen LogP contribution in [0.4, 0.5) is 0 Å². The van der Waals surface area contributed by atoms with E-state index >= 15 is 0 Å². The van der Waals surface area contributed by atoms with Crippen LogP contribution in [0.5, 0.6) is 5.75 Å². The average molecular weight is 347 g/mol. The van der Waals surface area contributed by atoms with Crippen LogP contribution in [-0.2, 0) is 4.79 Å². The average Bonchev–Trinajstić information content (AvgIpc) is 3.29. The summed E-state index contributed by atoms with van der Waals surface area (Å²) >= 11 is 5.46. The van der Waals surface area contributed by atoms with E-state index in [1.807, 2.05) is 19.1 Å². The Balaban J connectivity index is 1.78. The van der Waals surface area contributed by atoms with E-state index < -0.39 is 0 Å². The molecule has 2 N–H and O–H groups in total. The summed E-state index contributed by atoms with van der Waals surface area (Å²) in [5.74, 6) is 1.05. The summed E-state index contributed by atoms with van der Waals surface area (Å²) in [6.07, 6.45) is 2.20. The van der Waals surface area contributed by atoms with E-state index in [0.717, 1.165) is 42.4 Å². The summed E-state index contributed by atoms with van der Waals surface area (Å²) in [6, 6.07) is 8.40. The van der Waals surface area contributed by atoms with Crippen LogP contribution in [0.3, 0.4) is 0 Å². The van der Waals surface area contributed by atoms with Gasteiger partial charge in [0.1, 0.15) is 5.75 Å². The van der Waals surface area contributed by atoms with Crippen LogP contribution in [0.25, 0.3) is 0 Å². The third kappa shape index (κ3) is 3.80. The second kappa shape index (κ2) is 7.38. The fourth-order valence-corrected chi connectivity index (χ4v) is 3.52. The van der Waals surface area contributed by atoms with E-state index in [9.17, 15) is 4.79 Å². The van der Waals surface area contributed by atoms with Gasteiger partial charge in [-0.2, -0.15) is 0 Å². The number of hydrogen-bond donors (Lipinski definition) is 2. The molecule has 3 rings (SSSR count). The van der Waals surface area contributed by atoms with Crippen molar-refractivity contribution in [2.24, 2.45) is 5.92 Å². The summed E-state index contributed by atoms with van der Waals surface area (Å²) in [7, 11) is 1.66. The van der Waals surface area contributed by atoms with E-state index in [4.69, 9.17) is 17.0 Å². The molecule has 0 aromatic heterocycles. The van der Waals surface area contributed by atoms with Crippen molar-refractivity contribution in [3.63, 3.8) is 0 Å². The highest BCUT2D eigenvalue weighted by Crippen LogP contribution is 2.34. The number of rotatable bonds is 5. The lowest BCUT2D eigenvalue weighted by Gasteiger charge is -2.19. The Morgan fingerprint density at radius 1 is 1.29 bits per heavy atom. The SMILES string of the molecule is CCNC(=S)N1C[C@@H](C(=O)NC2CC2)[C@H](c2ccc(OC)cc2)C1.